The molecule has 0 aliphatic rings. The number of nitrogens with two attached hydrogens (primary N) is 1. The van der Waals surface area contributed by atoms with Gasteiger partial charge in [0.2, 0.25) is 0 Å². The fourth-order valence-electron chi connectivity index (χ4n) is 1.52. The number of amidine groups is 1. The highest BCUT2D eigenvalue weighted by Crippen LogP contribution is 2.22. The first-order valence-corrected chi connectivity index (χ1v) is 5.82. The quantitative estimate of drug-likeness (QED) is 0.656. The molecule has 6 heteroatoms. The molecule has 0 aliphatic heterocycles. The van der Waals surface area contributed by atoms with E-state index in [1.165, 1.54) is 0 Å². The normalized spacial score (nSPS) is 10.5. The van der Waals surface area contributed by atoms with Crippen molar-refractivity contribution in [3.63, 3.8) is 0 Å². The van der Waals surface area contributed by atoms with E-state index in [9.17, 15) is 0 Å². The molecule has 0 unspecified atom stereocenters. The Labute approximate surface area is 107 Å². The van der Waals surface area contributed by atoms with Crippen LogP contribution in [-0.4, -0.2) is 20.6 Å². The van der Waals surface area contributed by atoms with Gasteiger partial charge in [0, 0.05) is 11.8 Å². The van der Waals surface area contributed by atoms with Crippen LogP contribution in [-0.2, 0) is 0 Å². The highest BCUT2D eigenvalue weighted by atomic mass is 79.9. The van der Waals surface area contributed by atoms with E-state index < -0.39 is 0 Å². The lowest BCUT2D eigenvalue weighted by molar-refractivity contribution is 0.805. The van der Waals surface area contributed by atoms with Crippen molar-refractivity contribution in [3.8, 4) is 5.82 Å². The molecule has 3 N–H and O–H groups in total. The van der Waals surface area contributed by atoms with Gasteiger partial charge in [-0.15, -0.1) is 0 Å². The number of nitrogen functional groups attached to an aromatic ring is 1. The molecule has 0 saturated heterocycles. The molecule has 0 bridgehead atoms. The largest absolute Gasteiger partial charge is 0.384 e. The standard InChI is InChI=1S/C11H12BrN5/c1-6-10(12)7(2)17(16-6)9-4-3-8(5-15-9)11(13)14/h3-5H,1-2H3,(H3,13,14). The monoisotopic (exact) mass is 293 g/mol. The highest BCUT2D eigenvalue weighted by Gasteiger charge is 2.11. The second-order valence-corrected chi connectivity index (χ2v) is 4.51. The maximum atomic E-state index is 7.30. The molecule has 2 heterocycles. The Morgan fingerprint density at radius 3 is 2.53 bits per heavy atom. The first kappa shape index (κ1) is 11.8. The molecular formula is C11H12BrN5. The van der Waals surface area contributed by atoms with Crippen LogP contribution in [0.4, 0.5) is 0 Å². The number of nitrogens with one attached hydrogen (secondary N) is 1. The van der Waals surface area contributed by atoms with Gasteiger partial charge in [0.05, 0.1) is 15.9 Å². The van der Waals surface area contributed by atoms with Crippen LogP contribution >= 0.6 is 15.9 Å². The average molecular weight is 294 g/mol. The second-order valence-electron chi connectivity index (χ2n) is 3.72. The minimum Gasteiger partial charge on any atom is -0.384 e. The lowest BCUT2D eigenvalue weighted by Crippen LogP contribution is -2.12. The number of pyridine rings is 1. The summed E-state index contributed by atoms with van der Waals surface area (Å²) in [6.45, 7) is 3.89. The van der Waals surface area contributed by atoms with Gasteiger partial charge in [0.15, 0.2) is 5.82 Å². The topological polar surface area (TPSA) is 80.6 Å². The number of hydrogen-bond acceptors (Lipinski definition) is 3. The highest BCUT2D eigenvalue weighted by molar-refractivity contribution is 9.10. The number of aryl methyl sites for hydroxylation is 1. The molecule has 5 nitrogen and oxygen atoms in total. The molecule has 2 aromatic rings. The zero-order valence-corrected chi connectivity index (χ0v) is 11.1. The number of rotatable bonds is 2. The van der Waals surface area contributed by atoms with E-state index in [1.807, 2.05) is 13.8 Å². The van der Waals surface area contributed by atoms with Crippen LogP contribution in [0.5, 0.6) is 0 Å². The van der Waals surface area contributed by atoms with Crippen molar-refractivity contribution in [2.75, 3.05) is 0 Å². The fourth-order valence-corrected chi connectivity index (χ4v) is 1.76. The molecule has 88 valence electrons. The first-order chi connectivity index (χ1) is 8.00. The van der Waals surface area contributed by atoms with Gasteiger partial charge in [-0.25, -0.2) is 9.67 Å². The summed E-state index contributed by atoms with van der Waals surface area (Å²) in [6, 6.07) is 3.55. The van der Waals surface area contributed by atoms with Crippen LogP contribution in [0.2, 0.25) is 0 Å². The third-order valence-corrected chi connectivity index (χ3v) is 3.63. The van der Waals surface area contributed by atoms with E-state index in [-0.39, 0.29) is 5.84 Å². The van der Waals surface area contributed by atoms with Crippen molar-refractivity contribution in [2.45, 2.75) is 13.8 Å². The maximum absolute atomic E-state index is 7.30. The van der Waals surface area contributed by atoms with Crippen molar-refractivity contribution < 1.29 is 0 Å². The van der Waals surface area contributed by atoms with Crippen LogP contribution in [0.15, 0.2) is 22.8 Å². The SMILES string of the molecule is Cc1nn(-c2ccc(C(=N)N)cn2)c(C)c1Br. The smallest absolute Gasteiger partial charge is 0.153 e. The average Bonchev–Trinajstić information content (AvgIpc) is 2.57. The Hall–Kier alpha value is -1.69. The van der Waals surface area contributed by atoms with Gasteiger partial charge >= 0.3 is 0 Å². The first-order valence-electron chi connectivity index (χ1n) is 5.03. The van der Waals surface area contributed by atoms with Crippen molar-refractivity contribution >= 4 is 21.8 Å². The zero-order chi connectivity index (χ0) is 12.6. The molecule has 0 aliphatic carbocycles. The summed E-state index contributed by atoms with van der Waals surface area (Å²) >= 11 is 3.47. The minimum atomic E-state index is 0.0126. The van der Waals surface area contributed by atoms with Crippen molar-refractivity contribution in [3.05, 3.63) is 39.8 Å². The Balaban J connectivity index is 2.47. The van der Waals surface area contributed by atoms with Gasteiger partial charge in [-0.1, -0.05) is 0 Å². The van der Waals surface area contributed by atoms with E-state index in [2.05, 4.69) is 26.0 Å². The van der Waals surface area contributed by atoms with E-state index in [4.69, 9.17) is 11.1 Å². The van der Waals surface area contributed by atoms with Gasteiger partial charge in [0.25, 0.3) is 0 Å². The number of nitrogens with zero attached hydrogens (tertiary/aromatic N) is 3. The van der Waals surface area contributed by atoms with E-state index in [0.717, 1.165) is 15.9 Å². The molecule has 0 aromatic carbocycles. The minimum absolute atomic E-state index is 0.0126. The third-order valence-electron chi connectivity index (χ3n) is 2.48. The van der Waals surface area contributed by atoms with Gasteiger partial charge in [-0.05, 0) is 41.9 Å². The van der Waals surface area contributed by atoms with E-state index >= 15 is 0 Å². The van der Waals surface area contributed by atoms with E-state index in [0.29, 0.717) is 11.4 Å². The predicted molar refractivity (Wildman–Crippen MR) is 69.5 cm³/mol. The molecule has 0 amide bonds. The molecule has 0 atom stereocenters. The second kappa shape index (κ2) is 4.29. The molecule has 0 saturated carbocycles. The number of hydrogen-bond donors (Lipinski definition) is 2. The molecule has 0 fully saturated rings. The molecular weight excluding hydrogens is 282 g/mol. The lowest BCUT2D eigenvalue weighted by atomic mass is 10.2. The van der Waals surface area contributed by atoms with Crippen molar-refractivity contribution in [1.29, 1.82) is 5.41 Å². The van der Waals surface area contributed by atoms with Gasteiger partial charge in [-0.3, -0.25) is 5.41 Å². The summed E-state index contributed by atoms with van der Waals surface area (Å²) in [5.74, 6) is 0.722. The molecule has 2 rings (SSSR count). The van der Waals surface area contributed by atoms with Crippen LogP contribution in [0.25, 0.3) is 5.82 Å². The number of aromatic nitrogens is 3. The summed E-state index contributed by atoms with van der Waals surface area (Å²) in [6.07, 6.45) is 1.57. The summed E-state index contributed by atoms with van der Waals surface area (Å²) < 4.78 is 2.73. The summed E-state index contributed by atoms with van der Waals surface area (Å²) in [5, 5.41) is 11.7. The van der Waals surface area contributed by atoms with Crippen LogP contribution in [0.1, 0.15) is 17.0 Å². The summed E-state index contributed by atoms with van der Waals surface area (Å²) in [4.78, 5) is 4.24. The zero-order valence-electron chi connectivity index (χ0n) is 9.53. The predicted octanol–water partition coefficient (Wildman–Crippen LogP) is 1.93. The molecule has 0 radical (unpaired) electrons. The Kier molecular flexibility index (Phi) is 2.97. The van der Waals surface area contributed by atoms with Crippen LogP contribution < -0.4 is 5.73 Å². The van der Waals surface area contributed by atoms with Crippen LogP contribution in [0, 0.1) is 19.3 Å². The molecule has 2 aromatic heterocycles. The Bertz CT molecular complexity index is 570. The van der Waals surface area contributed by atoms with Gasteiger partial charge in [0.1, 0.15) is 5.84 Å². The lowest BCUT2D eigenvalue weighted by Gasteiger charge is -2.04. The Morgan fingerprint density at radius 2 is 2.12 bits per heavy atom. The van der Waals surface area contributed by atoms with Crippen molar-refractivity contribution in [2.24, 2.45) is 5.73 Å². The summed E-state index contributed by atoms with van der Waals surface area (Å²) in [7, 11) is 0. The Morgan fingerprint density at radius 1 is 1.41 bits per heavy atom. The van der Waals surface area contributed by atoms with E-state index in [1.54, 1.807) is 23.0 Å². The molecule has 0 spiro atoms. The molecule has 17 heavy (non-hydrogen) atoms. The van der Waals surface area contributed by atoms with Crippen molar-refractivity contribution in [1.82, 2.24) is 14.8 Å². The maximum Gasteiger partial charge on any atom is 0.153 e. The van der Waals surface area contributed by atoms with Crippen LogP contribution in [0.3, 0.4) is 0 Å². The fraction of sp³-hybridized carbons (Fsp3) is 0.182. The van der Waals surface area contributed by atoms with Gasteiger partial charge in [-0.2, -0.15) is 5.10 Å². The third kappa shape index (κ3) is 2.08. The van der Waals surface area contributed by atoms with Gasteiger partial charge < -0.3 is 5.73 Å². The number of halogens is 1. The summed E-state index contributed by atoms with van der Waals surface area (Å²) in [5.41, 5.74) is 7.89.